The molecule has 0 N–H and O–H groups in total. The normalized spacial score (nSPS) is 8.50. The van der Waals surface area contributed by atoms with E-state index in [1.54, 1.807) is 0 Å². The third-order valence-electron chi connectivity index (χ3n) is 0.351. The van der Waals surface area contributed by atoms with Gasteiger partial charge in [-0.05, 0) is 20.4 Å². The van der Waals surface area contributed by atoms with Gasteiger partial charge in [0.1, 0.15) is 0 Å². The Bertz CT molecular complexity index is 39.2. The molecule has 0 fully saturated rings. The molecule has 0 saturated carbocycles. The number of hydrogen-bond acceptors (Lipinski definition) is 1. The van der Waals surface area contributed by atoms with Gasteiger partial charge in [-0.3, -0.25) is 0 Å². The molecule has 1 radical (unpaired) electrons. The molecule has 0 atom stereocenters. The first kappa shape index (κ1) is 5.54. The number of ether oxygens (including phenoxy) is 1. The number of rotatable bonds is 2. The predicted molar refractivity (Wildman–Crippen MR) is 25.1 cm³/mol. The highest BCUT2D eigenvalue weighted by Crippen LogP contribution is 1.83. The van der Waals surface area contributed by atoms with Crippen LogP contribution >= 0.6 is 0 Å². The van der Waals surface area contributed by atoms with Crippen LogP contribution in [0.4, 0.5) is 0 Å². The summed E-state index contributed by atoms with van der Waals surface area (Å²) in [5.41, 5.74) is 0. The van der Waals surface area contributed by atoms with Gasteiger partial charge in [-0.15, -0.1) is 0 Å². The van der Waals surface area contributed by atoms with E-state index in [2.05, 4.69) is 0 Å². The van der Waals surface area contributed by atoms with Gasteiger partial charge >= 0.3 is 0 Å². The average Bonchev–Trinajstić information content (AvgIpc) is 1.35. The average molecular weight is 85.1 g/mol. The summed E-state index contributed by atoms with van der Waals surface area (Å²) in [5, 5.41) is 0. The van der Waals surface area contributed by atoms with E-state index in [1.165, 1.54) is 6.26 Å². The molecule has 0 aromatic carbocycles. The molecular weight excluding hydrogens is 76.1 g/mol. The fraction of sp³-hybridized carbons (Fsp3) is 0.600. The molecule has 0 aliphatic rings. The second-order valence-corrected chi connectivity index (χ2v) is 1.32. The third kappa shape index (κ3) is 3.54. The Morgan fingerprint density at radius 3 is 2.17 bits per heavy atom. The third-order valence-corrected chi connectivity index (χ3v) is 0.351. The van der Waals surface area contributed by atoms with Crippen molar-refractivity contribution in [2.45, 2.75) is 20.0 Å². The fourth-order valence-corrected chi connectivity index (χ4v) is 0.157. The van der Waals surface area contributed by atoms with Crippen LogP contribution in [0.3, 0.4) is 0 Å². The minimum atomic E-state index is 0.218. The van der Waals surface area contributed by atoms with Crippen LogP contribution in [-0.4, -0.2) is 6.10 Å². The zero-order valence-electron chi connectivity index (χ0n) is 4.14. The Kier molecular flexibility index (Phi) is 2.55. The topological polar surface area (TPSA) is 9.23 Å². The van der Waals surface area contributed by atoms with Gasteiger partial charge in [0.25, 0.3) is 0 Å². The molecule has 0 saturated heterocycles. The lowest BCUT2D eigenvalue weighted by Gasteiger charge is -1.99. The second kappa shape index (κ2) is 2.76. The van der Waals surface area contributed by atoms with Gasteiger partial charge in [0.2, 0.25) is 0 Å². The van der Waals surface area contributed by atoms with Crippen molar-refractivity contribution in [1.29, 1.82) is 0 Å². The van der Waals surface area contributed by atoms with Crippen LogP contribution in [0.1, 0.15) is 13.8 Å². The molecule has 0 aromatic heterocycles. The van der Waals surface area contributed by atoms with Crippen molar-refractivity contribution in [3.63, 3.8) is 0 Å². The SMILES string of the molecule is [CH]=COC(C)C. The van der Waals surface area contributed by atoms with Crippen molar-refractivity contribution >= 4 is 0 Å². The lowest BCUT2D eigenvalue weighted by Crippen LogP contribution is -1.93. The molecule has 0 spiro atoms. The van der Waals surface area contributed by atoms with Crippen molar-refractivity contribution < 1.29 is 4.74 Å². The Morgan fingerprint density at radius 2 is 2.17 bits per heavy atom. The Balaban J connectivity index is 2.81. The smallest absolute Gasteiger partial charge is 0.0922 e. The van der Waals surface area contributed by atoms with E-state index in [0.29, 0.717) is 0 Å². The van der Waals surface area contributed by atoms with Crippen LogP contribution in [0.5, 0.6) is 0 Å². The molecule has 6 heavy (non-hydrogen) atoms. The first-order valence-electron chi connectivity index (χ1n) is 1.96. The quantitative estimate of drug-likeness (QED) is 0.460. The maximum Gasteiger partial charge on any atom is 0.0922 e. The molecule has 1 nitrogen and oxygen atoms in total. The highest BCUT2D eigenvalue weighted by Gasteiger charge is 1.81. The lowest BCUT2D eigenvalue weighted by molar-refractivity contribution is 0.179. The highest BCUT2D eigenvalue weighted by atomic mass is 16.5. The van der Waals surface area contributed by atoms with Gasteiger partial charge in [0.15, 0.2) is 0 Å². The van der Waals surface area contributed by atoms with Crippen molar-refractivity contribution in [2.24, 2.45) is 0 Å². The first-order chi connectivity index (χ1) is 2.77. The van der Waals surface area contributed by atoms with Gasteiger partial charge in [-0.1, -0.05) is 0 Å². The summed E-state index contributed by atoms with van der Waals surface area (Å²) in [6.45, 7) is 8.72. The summed E-state index contributed by atoms with van der Waals surface area (Å²) in [7, 11) is 0. The van der Waals surface area contributed by atoms with Crippen molar-refractivity contribution in [1.82, 2.24) is 0 Å². The summed E-state index contributed by atoms with van der Waals surface area (Å²) >= 11 is 0. The molecular formula is C5H9O. The van der Waals surface area contributed by atoms with Gasteiger partial charge < -0.3 is 4.74 Å². The standard InChI is InChI=1S/C5H9O/c1-4-6-5(2)3/h1,4-5H,2-3H3. The second-order valence-electron chi connectivity index (χ2n) is 1.32. The van der Waals surface area contributed by atoms with Crippen LogP contribution in [0.2, 0.25) is 0 Å². The minimum absolute atomic E-state index is 0.218. The van der Waals surface area contributed by atoms with E-state index in [0.717, 1.165) is 0 Å². The maximum atomic E-state index is 4.88. The molecule has 0 bridgehead atoms. The van der Waals surface area contributed by atoms with Crippen LogP contribution < -0.4 is 0 Å². The van der Waals surface area contributed by atoms with E-state index in [1.807, 2.05) is 13.8 Å². The minimum Gasteiger partial charge on any atom is -0.499 e. The van der Waals surface area contributed by atoms with E-state index in [-0.39, 0.29) is 6.10 Å². The lowest BCUT2D eigenvalue weighted by atomic mass is 10.5. The first-order valence-corrected chi connectivity index (χ1v) is 1.96. The van der Waals surface area contributed by atoms with Crippen LogP contribution in [-0.2, 0) is 4.74 Å². The van der Waals surface area contributed by atoms with Crippen LogP contribution in [0.25, 0.3) is 0 Å². The molecule has 1 heteroatoms. The molecule has 0 unspecified atom stereocenters. The monoisotopic (exact) mass is 85.1 g/mol. The molecule has 0 aliphatic heterocycles. The van der Waals surface area contributed by atoms with Gasteiger partial charge in [0.05, 0.1) is 12.4 Å². The summed E-state index contributed by atoms with van der Waals surface area (Å²) in [4.78, 5) is 0. The summed E-state index contributed by atoms with van der Waals surface area (Å²) in [6, 6.07) is 0. The highest BCUT2D eigenvalue weighted by molar-refractivity contribution is 4.45. The Morgan fingerprint density at radius 1 is 1.67 bits per heavy atom. The largest absolute Gasteiger partial charge is 0.499 e. The fourth-order valence-electron chi connectivity index (χ4n) is 0.157. The Labute approximate surface area is 38.6 Å². The van der Waals surface area contributed by atoms with Crippen molar-refractivity contribution in [3.8, 4) is 0 Å². The molecule has 0 rings (SSSR count). The maximum absolute atomic E-state index is 4.88. The molecule has 35 valence electrons. The number of hydrogen-bond donors (Lipinski definition) is 0. The zero-order chi connectivity index (χ0) is 4.99. The predicted octanol–water partition coefficient (Wildman–Crippen LogP) is 1.36. The molecule has 0 aliphatic carbocycles. The van der Waals surface area contributed by atoms with Gasteiger partial charge in [0, 0.05) is 0 Å². The summed E-state index contributed by atoms with van der Waals surface area (Å²) in [6.07, 6.45) is 1.42. The zero-order valence-corrected chi connectivity index (χ0v) is 4.14. The summed E-state index contributed by atoms with van der Waals surface area (Å²) in [5.74, 6) is 0. The molecule has 0 amide bonds. The summed E-state index contributed by atoms with van der Waals surface area (Å²) < 4.78 is 4.69. The van der Waals surface area contributed by atoms with Gasteiger partial charge in [-0.25, -0.2) is 0 Å². The van der Waals surface area contributed by atoms with Crippen molar-refractivity contribution in [3.05, 3.63) is 12.8 Å². The van der Waals surface area contributed by atoms with Crippen molar-refractivity contribution in [2.75, 3.05) is 0 Å². The Hall–Kier alpha value is -0.460. The van der Waals surface area contributed by atoms with Gasteiger partial charge in [-0.2, -0.15) is 0 Å². The van der Waals surface area contributed by atoms with E-state index in [4.69, 9.17) is 11.3 Å². The molecule has 0 aromatic rings. The van der Waals surface area contributed by atoms with E-state index < -0.39 is 0 Å². The van der Waals surface area contributed by atoms with Crippen LogP contribution in [0, 0.1) is 6.58 Å². The van der Waals surface area contributed by atoms with Crippen LogP contribution in [0.15, 0.2) is 6.26 Å². The molecule has 0 heterocycles. The van der Waals surface area contributed by atoms with E-state index >= 15 is 0 Å². The van der Waals surface area contributed by atoms with E-state index in [9.17, 15) is 0 Å².